The number of amides is 1. The van der Waals surface area contributed by atoms with Gasteiger partial charge in [-0.2, -0.15) is 13.2 Å². The van der Waals surface area contributed by atoms with Gasteiger partial charge < -0.3 is 11.1 Å². The van der Waals surface area contributed by atoms with Gasteiger partial charge >= 0.3 is 6.18 Å². The molecule has 3 N–H and O–H groups in total. The molecule has 0 saturated heterocycles. The van der Waals surface area contributed by atoms with Crippen LogP contribution < -0.4 is 11.1 Å². The molecule has 0 spiro atoms. The fourth-order valence-corrected chi connectivity index (χ4v) is 1.36. The second kappa shape index (κ2) is 5.61. The van der Waals surface area contributed by atoms with Crippen LogP contribution in [0.25, 0.3) is 0 Å². The molecule has 0 bridgehead atoms. The summed E-state index contributed by atoms with van der Waals surface area (Å²) >= 11 is 0. The summed E-state index contributed by atoms with van der Waals surface area (Å²) in [4.78, 5) is 11.7. The summed E-state index contributed by atoms with van der Waals surface area (Å²) in [6.45, 7) is 3.55. The summed E-state index contributed by atoms with van der Waals surface area (Å²) in [6.07, 6.45) is -3.87. The minimum atomic E-state index is -4.35. The van der Waals surface area contributed by atoms with E-state index in [1.54, 1.807) is 13.8 Å². The average molecular weight is 274 g/mol. The molecule has 0 aliphatic rings. The van der Waals surface area contributed by atoms with E-state index in [-0.39, 0.29) is 12.5 Å². The van der Waals surface area contributed by atoms with E-state index in [0.717, 1.165) is 12.1 Å². The fourth-order valence-electron chi connectivity index (χ4n) is 1.36. The summed E-state index contributed by atoms with van der Waals surface area (Å²) < 4.78 is 37.0. The number of nitrogens with two attached hydrogens (primary N) is 1. The average Bonchev–Trinajstić information content (AvgIpc) is 2.35. The smallest absolute Gasteiger partial charge is 0.350 e. The van der Waals surface area contributed by atoms with Gasteiger partial charge in [-0.25, -0.2) is 0 Å². The Balaban J connectivity index is 2.63. The largest absolute Gasteiger partial charge is 0.416 e. The van der Waals surface area contributed by atoms with E-state index in [4.69, 9.17) is 5.73 Å². The highest BCUT2D eigenvalue weighted by Gasteiger charge is 2.30. The van der Waals surface area contributed by atoms with Crippen LogP contribution in [0, 0.1) is 0 Å². The molecule has 1 atom stereocenters. The highest BCUT2D eigenvalue weighted by atomic mass is 19.4. The quantitative estimate of drug-likeness (QED) is 0.886. The van der Waals surface area contributed by atoms with Crippen LogP contribution in [0.1, 0.15) is 31.4 Å². The Bertz CT molecular complexity index is 438. The van der Waals surface area contributed by atoms with Crippen LogP contribution in [0.15, 0.2) is 24.3 Å². The van der Waals surface area contributed by atoms with Crippen molar-refractivity contribution in [3.8, 4) is 0 Å². The molecule has 0 aromatic heterocycles. The van der Waals surface area contributed by atoms with Crippen molar-refractivity contribution in [1.82, 2.24) is 5.32 Å². The predicted molar refractivity (Wildman–Crippen MR) is 66.2 cm³/mol. The van der Waals surface area contributed by atoms with Crippen LogP contribution in [-0.4, -0.2) is 11.4 Å². The normalized spacial score (nSPS) is 14.8. The number of hydrogen-bond donors (Lipinski definition) is 2. The van der Waals surface area contributed by atoms with Gasteiger partial charge in [0.2, 0.25) is 5.91 Å². The number of rotatable bonds is 4. The summed E-state index contributed by atoms with van der Waals surface area (Å²) in [5.74, 6) is -0.324. The van der Waals surface area contributed by atoms with E-state index in [2.05, 4.69) is 5.32 Å². The lowest BCUT2D eigenvalue weighted by molar-refractivity contribution is -0.137. The molecular weight excluding hydrogens is 257 g/mol. The third-order valence-electron chi connectivity index (χ3n) is 2.99. The van der Waals surface area contributed by atoms with E-state index < -0.39 is 17.3 Å². The van der Waals surface area contributed by atoms with Gasteiger partial charge in [0, 0.05) is 6.54 Å². The second-order valence-electron chi connectivity index (χ2n) is 4.65. The first kappa shape index (κ1) is 15.5. The monoisotopic (exact) mass is 274 g/mol. The minimum Gasteiger partial charge on any atom is -0.350 e. The molecule has 0 saturated carbocycles. The van der Waals surface area contributed by atoms with Crippen molar-refractivity contribution >= 4 is 5.91 Å². The van der Waals surface area contributed by atoms with Crippen molar-refractivity contribution < 1.29 is 18.0 Å². The Morgan fingerprint density at radius 2 is 1.79 bits per heavy atom. The van der Waals surface area contributed by atoms with E-state index in [1.165, 1.54) is 12.1 Å². The number of hydrogen-bond acceptors (Lipinski definition) is 2. The third-order valence-corrected chi connectivity index (χ3v) is 2.99. The first-order chi connectivity index (χ1) is 8.66. The number of alkyl halides is 3. The first-order valence-electron chi connectivity index (χ1n) is 5.90. The van der Waals surface area contributed by atoms with Gasteiger partial charge in [-0.15, -0.1) is 0 Å². The standard InChI is InChI=1S/C13H17F3N2O/c1-3-12(2,17)11(19)18-8-9-4-6-10(7-5-9)13(14,15)16/h4-7H,3,8,17H2,1-2H3,(H,18,19). The molecule has 0 aliphatic heterocycles. The lowest BCUT2D eigenvalue weighted by atomic mass is 9.99. The van der Waals surface area contributed by atoms with Crippen molar-refractivity contribution in [1.29, 1.82) is 0 Å². The van der Waals surface area contributed by atoms with Crippen molar-refractivity contribution in [2.45, 2.75) is 38.5 Å². The van der Waals surface area contributed by atoms with Gasteiger partial charge in [0.25, 0.3) is 0 Å². The Hall–Kier alpha value is -1.56. The molecule has 0 aliphatic carbocycles. The summed E-state index contributed by atoms with van der Waals surface area (Å²) in [6, 6.07) is 4.65. The maximum absolute atomic E-state index is 12.3. The summed E-state index contributed by atoms with van der Waals surface area (Å²) in [5, 5.41) is 2.60. The molecule has 3 nitrogen and oxygen atoms in total. The van der Waals surface area contributed by atoms with Gasteiger partial charge in [-0.3, -0.25) is 4.79 Å². The minimum absolute atomic E-state index is 0.157. The molecule has 0 radical (unpaired) electrons. The van der Waals surface area contributed by atoms with Gasteiger partial charge in [0.1, 0.15) is 0 Å². The molecule has 1 amide bonds. The van der Waals surface area contributed by atoms with Crippen molar-refractivity contribution in [3.63, 3.8) is 0 Å². The van der Waals surface area contributed by atoms with Gasteiger partial charge in [-0.05, 0) is 31.0 Å². The van der Waals surface area contributed by atoms with Gasteiger partial charge in [-0.1, -0.05) is 19.1 Å². The Morgan fingerprint density at radius 1 is 1.26 bits per heavy atom. The molecular formula is C13H17F3N2O. The summed E-state index contributed by atoms with van der Waals surface area (Å²) in [7, 11) is 0. The highest BCUT2D eigenvalue weighted by molar-refractivity contribution is 5.85. The fraction of sp³-hybridized carbons (Fsp3) is 0.462. The van der Waals surface area contributed by atoms with Crippen LogP contribution in [0.3, 0.4) is 0 Å². The van der Waals surface area contributed by atoms with E-state index in [0.29, 0.717) is 12.0 Å². The lowest BCUT2D eigenvalue weighted by Gasteiger charge is -2.21. The number of halogens is 3. The zero-order chi connectivity index (χ0) is 14.7. The molecule has 19 heavy (non-hydrogen) atoms. The predicted octanol–water partition coefficient (Wildman–Crippen LogP) is 2.45. The van der Waals surface area contributed by atoms with Crippen molar-refractivity contribution in [2.24, 2.45) is 5.73 Å². The molecule has 6 heteroatoms. The Labute approximate surface area is 110 Å². The van der Waals surface area contributed by atoms with Crippen LogP contribution in [0.5, 0.6) is 0 Å². The second-order valence-corrected chi connectivity index (χ2v) is 4.65. The molecule has 106 valence electrons. The molecule has 1 unspecified atom stereocenters. The molecule has 1 aromatic rings. The lowest BCUT2D eigenvalue weighted by Crippen LogP contribution is -2.50. The van der Waals surface area contributed by atoms with Crippen LogP contribution in [-0.2, 0) is 17.5 Å². The molecule has 1 rings (SSSR count). The first-order valence-corrected chi connectivity index (χ1v) is 5.90. The summed E-state index contributed by atoms with van der Waals surface area (Å²) in [5.41, 5.74) is 4.66. The van der Waals surface area contributed by atoms with Gasteiger partial charge in [0.05, 0.1) is 11.1 Å². The third kappa shape index (κ3) is 4.24. The molecule has 0 fully saturated rings. The molecule has 0 heterocycles. The molecule has 1 aromatic carbocycles. The van der Waals surface area contributed by atoms with E-state index in [1.807, 2.05) is 0 Å². The van der Waals surface area contributed by atoms with Gasteiger partial charge in [0.15, 0.2) is 0 Å². The highest BCUT2D eigenvalue weighted by Crippen LogP contribution is 2.29. The van der Waals surface area contributed by atoms with E-state index >= 15 is 0 Å². The van der Waals surface area contributed by atoms with Crippen LogP contribution in [0.4, 0.5) is 13.2 Å². The number of benzene rings is 1. The maximum atomic E-state index is 12.3. The van der Waals surface area contributed by atoms with Crippen LogP contribution in [0.2, 0.25) is 0 Å². The Morgan fingerprint density at radius 3 is 2.21 bits per heavy atom. The maximum Gasteiger partial charge on any atom is 0.416 e. The van der Waals surface area contributed by atoms with Crippen molar-refractivity contribution in [2.75, 3.05) is 0 Å². The zero-order valence-electron chi connectivity index (χ0n) is 10.8. The van der Waals surface area contributed by atoms with Crippen molar-refractivity contribution in [3.05, 3.63) is 35.4 Å². The Kier molecular flexibility index (Phi) is 4.57. The number of carbonyl (C=O) groups excluding carboxylic acids is 1. The zero-order valence-corrected chi connectivity index (χ0v) is 10.8. The SMILES string of the molecule is CCC(C)(N)C(=O)NCc1ccc(C(F)(F)F)cc1. The number of nitrogens with one attached hydrogen (secondary N) is 1. The van der Waals surface area contributed by atoms with E-state index in [9.17, 15) is 18.0 Å². The topological polar surface area (TPSA) is 55.1 Å². The van der Waals surface area contributed by atoms with Crippen LogP contribution >= 0.6 is 0 Å². The number of carbonyl (C=O) groups is 1.